The number of benzene rings is 2. The van der Waals surface area contributed by atoms with E-state index >= 15 is 0 Å². The van der Waals surface area contributed by atoms with Crippen LogP contribution in [0.4, 0.5) is 44.7 Å². The van der Waals surface area contributed by atoms with Crippen LogP contribution in [0.5, 0.6) is 0 Å². The summed E-state index contributed by atoms with van der Waals surface area (Å²) in [4.78, 5) is 19.9. The maximum atomic E-state index is 14.1. The summed E-state index contributed by atoms with van der Waals surface area (Å²) in [7, 11) is 0.825. The number of nitro benzene ring substituents is 2. The molecule has 2 aromatic carbocycles. The Hall–Kier alpha value is -3.02. The Kier molecular flexibility index (Phi) is 5.22. The van der Waals surface area contributed by atoms with Crippen molar-refractivity contribution in [2.24, 2.45) is 0 Å². The summed E-state index contributed by atoms with van der Waals surface area (Å²) in [5.41, 5.74) is -6.22. The molecule has 2 rings (SSSR count). The van der Waals surface area contributed by atoms with Gasteiger partial charge in [-0.25, -0.2) is 8.78 Å². The molecule has 13 heteroatoms. The second-order valence-electron chi connectivity index (χ2n) is 5.15. The molecule has 0 radical (unpaired) electrons. The van der Waals surface area contributed by atoms with Gasteiger partial charge in [0.25, 0.3) is 11.4 Å². The fraction of sp³-hybridized carbons (Fsp3) is 0.143. The molecule has 144 valence electrons. The molecule has 0 aliphatic rings. The van der Waals surface area contributed by atoms with Gasteiger partial charge in [0.05, 0.1) is 32.2 Å². The largest absolute Gasteiger partial charge is 0.418 e. The van der Waals surface area contributed by atoms with Crippen molar-refractivity contribution in [1.29, 1.82) is 0 Å². The van der Waals surface area contributed by atoms with Gasteiger partial charge in [0, 0.05) is 19.2 Å². The standard InChI is InChI=1S/C14H7ClF5N3O4/c1-21(13-9(15)2-6(16)3-10(13)17)12-8(14(18,19)20)4-7(22(24)25)5-11(12)23(26)27/h2-5H,1H3. The van der Waals surface area contributed by atoms with Crippen LogP contribution in [0.15, 0.2) is 24.3 Å². The molecule has 0 bridgehead atoms. The molecule has 0 heterocycles. The second kappa shape index (κ2) is 6.95. The van der Waals surface area contributed by atoms with Crippen LogP contribution in [-0.2, 0) is 6.18 Å². The normalized spacial score (nSPS) is 11.4. The third-order valence-corrected chi connectivity index (χ3v) is 3.73. The van der Waals surface area contributed by atoms with Crippen molar-refractivity contribution < 1.29 is 31.8 Å². The summed E-state index contributed by atoms with van der Waals surface area (Å²) in [5, 5.41) is 21.4. The summed E-state index contributed by atoms with van der Waals surface area (Å²) in [5.74, 6) is -2.51. The molecule has 0 spiro atoms. The van der Waals surface area contributed by atoms with E-state index in [4.69, 9.17) is 11.6 Å². The zero-order chi connectivity index (χ0) is 20.7. The number of alkyl halides is 3. The minimum Gasteiger partial charge on any atom is -0.335 e. The van der Waals surface area contributed by atoms with Crippen LogP contribution in [0.25, 0.3) is 0 Å². The van der Waals surface area contributed by atoms with Crippen LogP contribution >= 0.6 is 11.6 Å². The van der Waals surface area contributed by atoms with Crippen molar-refractivity contribution in [1.82, 2.24) is 0 Å². The number of anilines is 2. The fourth-order valence-electron chi connectivity index (χ4n) is 2.38. The summed E-state index contributed by atoms with van der Waals surface area (Å²) in [6, 6.07) is 1.30. The Bertz CT molecular complexity index is 928. The van der Waals surface area contributed by atoms with Crippen molar-refractivity contribution in [3.05, 3.63) is 66.7 Å². The minimum atomic E-state index is -5.26. The SMILES string of the molecule is CN(c1c(F)cc(F)cc1Cl)c1c([N+](=O)[O-])cc([N+](=O)[O-])cc1C(F)(F)F. The highest BCUT2D eigenvalue weighted by atomic mass is 35.5. The summed E-state index contributed by atoms with van der Waals surface area (Å²) in [6.07, 6.45) is -5.26. The molecule has 0 unspecified atom stereocenters. The van der Waals surface area contributed by atoms with Crippen molar-refractivity contribution in [2.45, 2.75) is 6.18 Å². The first-order chi connectivity index (χ1) is 12.3. The van der Waals surface area contributed by atoms with E-state index in [0.717, 1.165) is 7.05 Å². The van der Waals surface area contributed by atoms with E-state index in [1.165, 1.54) is 0 Å². The molecule has 0 aliphatic heterocycles. The number of hydrogen-bond donors (Lipinski definition) is 0. The van der Waals surface area contributed by atoms with E-state index in [-0.39, 0.29) is 6.07 Å². The van der Waals surface area contributed by atoms with E-state index in [9.17, 15) is 42.2 Å². The topological polar surface area (TPSA) is 89.5 Å². The first-order valence-electron chi connectivity index (χ1n) is 6.77. The predicted molar refractivity (Wildman–Crippen MR) is 84.2 cm³/mol. The van der Waals surface area contributed by atoms with Crippen LogP contribution in [0.2, 0.25) is 5.02 Å². The first-order valence-corrected chi connectivity index (χ1v) is 7.14. The van der Waals surface area contributed by atoms with E-state index in [1.54, 1.807) is 0 Å². The Morgan fingerprint density at radius 3 is 2.04 bits per heavy atom. The first kappa shape index (κ1) is 20.3. The Morgan fingerprint density at radius 2 is 1.59 bits per heavy atom. The van der Waals surface area contributed by atoms with Crippen LogP contribution in [0.1, 0.15) is 5.56 Å². The summed E-state index contributed by atoms with van der Waals surface area (Å²) < 4.78 is 67.5. The highest BCUT2D eigenvalue weighted by Gasteiger charge is 2.41. The molecular formula is C14H7ClF5N3O4. The lowest BCUT2D eigenvalue weighted by Gasteiger charge is -2.24. The van der Waals surface area contributed by atoms with Gasteiger partial charge in [-0.05, 0) is 6.07 Å². The minimum absolute atomic E-state index is 0.0775. The van der Waals surface area contributed by atoms with Crippen molar-refractivity contribution >= 4 is 34.4 Å². The molecule has 0 N–H and O–H groups in total. The maximum absolute atomic E-state index is 14.1. The van der Waals surface area contributed by atoms with E-state index in [1.807, 2.05) is 0 Å². The van der Waals surface area contributed by atoms with Gasteiger partial charge in [-0.15, -0.1) is 0 Å². The Balaban J connectivity index is 2.90. The molecule has 0 fully saturated rings. The third-order valence-electron chi connectivity index (χ3n) is 3.44. The number of halogens is 6. The Labute approximate surface area is 151 Å². The Morgan fingerprint density at radius 1 is 1.00 bits per heavy atom. The average molecular weight is 412 g/mol. The zero-order valence-corrected chi connectivity index (χ0v) is 13.8. The summed E-state index contributed by atoms with van der Waals surface area (Å²) in [6.45, 7) is 0. The van der Waals surface area contributed by atoms with Crippen LogP contribution in [0.3, 0.4) is 0 Å². The predicted octanol–water partition coefficient (Wildman–Crippen LogP) is 5.22. The lowest BCUT2D eigenvalue weighted by atomic mass is 10.1. The van der Waals surface area contributed by atoms with Gasteiger partial charge >= 0.3 is 6.18 Å². The molecule has 0 amide bonds. The lowest BCUT2D eigenvalue weighted by Crippen LogP contribution is -2.20. The van der Waals surface area contributed by atoms with E-state index < -0.39 is 61.0 Å². The van der Waals surface area contributed by atoms with Crippen LogP contribution in [-0.4, -0.2) is 16.9 Å². The van der Waals surface area contributed by atoms with Gasteiger partial charge < -0.3 is 4.90 Å². The third kappa shape index (κ3) is 3.89. The smallest absolute Gasteiger partial charge is 0.335 e. The van der Waals surface area contributed by atoms with E-state index in [0.29, 0.717) is 23.1 Å². The molecule has 0 saturated carbocycles. The molecular weight excluding hydrogens is 405 g/mol. The van der Waals surface area contributed by atoms with Gasteiger partial charge in [0.2, 0.25) is 0 Å². The van der Waals surface area contributed by atoms with Gasteiger partial charge in [0.15, 0.2) is 5.82 Å². The molecule has 0 atom stereocenters. The van der Waals surface area contributed by atoms with Crippen LogP contribution in [0, 0.1) is 31.9 Å². The van der Waals surface area contributed by atoms with Gasteiger partial charge in [0.1, 0.15) is 11.5 Å². The molecule has 27 heavy (non-hydrogen) atoms. The number of hydrogen-bond acceptors (Lipinski definition) is 5. The highest BCUT2D eigenvalue weighted by Crippen LogP contribution is 2.47. The lowest BCUT2D eigenvalue weighted by molar-refractivity contribution is -0.394. The highest BCUT2D eigenvalue weighted by molar-refractivity contribution is 6.33. The number of nitrogens with zero attached hydrogens (tertiary/aromatic N) is 3. The van der Waals surface area contributed by atoms with E-state index in [2.05, 4.69) is 0 Å². The van der Waals surface area contributed by atoms with Crippen molar-refractivity contribution in [2.75, 3.05) is 11.9 Å². The monoisotopic (exact) mass is 411 g/mol. The van der Waals surface area contributed by atoms with Gasteiger partial charge in [-0.1, -0.05) is 11.6 Å². The molecule has 7 nitrogen and oxygen atoms in total. The second-order valence-corrected chi connectivity index (χ2v) is 5.56. The number of rotatable bonds is 4. The van der Waals surface area contributed by atoms with Crippen LogP contribution < -0.4 is 4.90 Å². The van der Waals surface area contributed by atoms with Gasteiger partial charge in [-0.2, -0.15) is 13.2 Å². The summed E-state index contributed by atoms with van der Waals surface area (Å²) >= 11 is 5.68. The zero-order valence-electron chi connectivity index (χ0n) is 13.1. The molecule has 2 aromatic rings. The average Bonchev–Trinajstić information content (AvgIpc) is 2.51. The fourth-order valence-corrected chi connectivity index (χ4v) is 2.71. The number of non-ortho nitro benzene ring substituents is 1. The maximum Gasteiger partial charge on any atom is 0.418 e. The molecule has 0 aliphatic carbocycles. The molecule has 0 saturated heterocycles. The quantitative estimate of drug-likeness (QED) is 0.391. The van der Waals surface area contributed by atoms with Gasteiger partial charge in [-0.3, -0.25) is 20.2 Å². The molecule has 0 aromatic heterocycles. The number of nitro groups is 2. The van der Waals surface area contributed by atoms with Crippen molar-refractivity contribution in [3.63, 3.8) is 0 Å². The van der Waals surface area contributed by atoms with Crippen molar-refractivity contribution in [3.8, 4) is 0 Å².